The molecule has 5 nitrogen and oxygen atoms in total. The average Bonchev–Trinajstić information content (AvgIpc) is 2.53. The zero-order valence-corrected chi connectivity index (χ0v) is 13.2. The van der Waals surface area contributed by atoms with Crippen LogP contribution in [0.15, 0.2) is 58.3 Å². The lowest BCUT2D eigenvalue weighted by Crippen LogP contribution is -2.05. The molecule has 0 aliphatic rings. The number of sulfone groups is 1. The molecule has 0 amide bonds. The van der Waals surface area contributed by atoms with Gasteiger partial charge in [0, 0.05) is 5.02 Å². The summed E-state index contributed by atoms with van der Waals surface area (Å²) in [6, 6.07) is 12.8. The van der Waals surface area contributed by atoms with Crippen LogP contribution in [0.3, 0.4) is 0 Å². The fourth-order valence-electron chi connectivity index (χ4n) is 1.87. The Kier molecular flexibility index (Phi) is 4.84. The Balaban J connectivity index is 2.58. The van der Waals surface area contributed by atoms with Crippen LogP contribution in [-0.4, -0.2) is 19.5 Å². The fraction of sp³-hybridized carbons (Fsp3) is 0. The van der Waals surface area contributed by atoms with E-state index in [9.17, 15) is 18.5 Å². The summed E-state index contributed by atoms with van der Waals surface area (Å²) in [5.41, 5.74) is 0.0423. The van der Waals surface area contributed by atoms with E-state index in [0.717, 1.165) is 6.08 Å². The van der Waals surface area contributed by atoms with Crippen molar-refractivity contribution in [2.45, 2.75) is 4.90 Å². The predicted octanol–water partition coefficient (Wildman–Crippen LogP) is 3.38. The highest BCUT2D eigenvalue weighted by Crippen LogP contribution is 2.23. The number of rotatable bonds is 4. The summed E-state index contributed by atoms with van der Waals surface area (Å²) in [6.45, 7) is 0. The largest absolute Gasteiger partial charge is 0.478 e. The third-order valence-corrected chi connectivity index (χ3v) is 4.93. The summed E-state index contributed by atoms with van der Waals surface area (Å²) in [5, 5.41) is 18.7. The highest BCUT2D eigenvalue weighted by Gasteiger charge is 2.21. The van der Waals surface area contributed by atoms with Crippen molar-refractivity contribution in [3.8, 4) is 6.07 Å². The molecule has 0 aromatic heterocycles. The normalized spacial score (nSPS) is 11.7. The molecule has 2 aromatic carbocycles. The molecule has 0 radical (unpaired) electrons. The highest BCUT2D eigenvalue weighted by atomic mass is 35.5. The number of hydrogen-bond donors (Lipinski definition) is 1. The van der Waals surface area contributed by atoms with Crippen molar-refractivity contribution in [2.24, 2.45) is 0 Å². The van der Waals surface area contributed by atoms with E-state index in [1.54, 1.807) is 12.1 Å². The number of allylic oxidation sites excluding steroid dienone is 1. The Morgan fingerprint density at radius 3 is 2.30 bits per heavy atom. The van der Waals surface area contributed by atoms with Crippen molar-refractivity contribution in [3.63, 3.8) is 0 Å². The molecule has 116 valence electrons. The molecule has 0 aliphatic heterocycles. The van der Waals surface area contributed by atoms with Gasteiger partial charge >= 0.3 is 5.97 Å². The first-order valence-electron chi connectivity index (χ1n) is 6.31. The lowest BCUT2D eigenvalue weighted by atomic mass is 10.1. The standard InChI is InChI=1S/C16H10ClNO4S/c17-12-5-7-13(8-6-12)23(21,22)14(10-18)9-11-3-1-2-4-15(11)16(19)20/h1-9H,(H,19,20)/b14-9+. The summed E-state index contributed by atoms with van der Waals surface area (Å²) in [4.78, 5) is 10.5. The SMILES string of the molecule is N#C/C(=C\c1ccccc1C(=O)O)S(=O)(=O)c1ccc(Cl)cc1. The minimum Gasteiger partial charge on any atom is -0.478 e. The molecule has 0 unspecified atom stereocenters. The van der Waals surface area contributed by atoms with Gasteiger partial charge in [0.25, 0.3) is 0 Å². The lowest BCUT2D eigenvalue weighted by molar-refractivity contribution is 0.0696. The first-order valence-corrected chi connectivity index (χ1v) is 8.17. The van der Waals surface area contributed by atoms with Crippen molar-refractivity contribution >= 4 is 33.5 Å². The summed E-state index contributed by atoms with van der Waals surface area (Å²) in [5.74, 6) is -1.21. The van der Waals surface area contributed by atoms with Crippen LogP contribution >= 0.6 is 11.6 Å². The molecule has 0 heterocycles. The monoisotopic (exact) mass is 347 g/mol. The van der Waals surface area contributed by atoms with Crippen LogP contribution in [-0.2, 0) is 9.84 Å². The van der Waals surface area contributed by atoms with Crippen molar-refractivity contribution in [1.29, 1.82) is 5.26 Å². The van der Waals surface area contributed by atoms with Gasteiger partial charge < -0.3 is 5.11 Å². The maximum Gasteiger partial charge on any atom is 0.336 e. The molecule has 0 saturated carbocycles. The van der Waals surface area contributed by atoms with Gasteiger partial charge in [0.1, 0.15) is 11.0 Å². The van der Waals surface area contributed by atoms with Gasteiger partial charge in [-0.2, -0.15) is 5.26 Å². The van der Waals surface area contributed by atoms with Gasteiger partial charge in [-0.1, -0.05) is 29.8 Å². The summed E-state index contributed by atoms with van der Waals surface area (Å²) >= 11 is 5.72. The highest BCUT2D eigenvalue weighted by molar-refractivity contribution is 7.95. The molecular weight excluding hydrogens is 338 g/mol. The number of carboxylic acids is 1. The van der Waals surface area contributed by atoms with E-state index < -0.39 is 20.7 Å². The molecule has 0 fully saturated rings. The third-order valence-electron chi connectivity index (χ3n) is 3.00. The Morgan fingerprint density at radius 1 is 1.13 bits per heavy atom. The Labute approximate surface area is 138 Å². The zero-order chi connectivity index (χ0) is 17.0. The summed E-state index contributed by atoms with van der Waals surface area (Å²) in [6.07, 6.45) is 1.05. The maximum absolute atomic E-state index is 12.5. The van der Waals surface area contributed by atoms with Gasteiger partial charge in [-0.05, 0) is 42.0 Å². The predicted molar refractivity (Wildman–Crippen MR) is 85.6 cm³/mol. The number of nitrogens with zero attached hydrogens (tertiary/aromatic N) is 1. The molecule has 0 saturated heterocycles. The van der Waals surface area contributed by atoms with Crippen molar-refractivity contribution in [2.75, 3.05) is 0 Å². The summed E-state index contributed by atoms with van der Waals surface area (Å²) in [7, 11) is -4.06. The van der Waals surface area contributed by atoms with Gasteiger partial charge in [-0.25, -0.2) is 13.2 Å². The topological polar surface area (TPSA) is 95.2 Å². The quantitative estimate of drug-likeness (QED) is 0.855. The smallest absolute Gasteiger partial charge is 0.336 e. The molecular formula is C16H10ClNO4S. The van der Waals surface area contributed by atoms with Crippen LogP contribution < -0.4 is 0 Å². The van der Waals surface area contributed by atoms with Crippen LogP contribution in [0.5, 0.6) is 0 Å². The Hall–Kier alpha value is -2.62. The fourth-order valence-corrected chi connectivity index (χ4v) is 3.15. The van der Waals surface area contributed by atoms with Gasteiger partial charge in [-0.3, -0.25) is 0 Å². The van der Waals surface area contributed by atoms with E-state index in [4.69, 9.17) is 16.7 Å². The third kappa shape index (κ3) is 3.59. The van der Waals surface area contributed by atoms with Gasteiger partial charge in [0.2, 0.25) is 9.84 Å². The molecule has 1 N–H and O–H groups in total. The number of nitriles is 1. The first kappa shape index (κ1) is 16.7. The second-order valence-electron chi connectivity index (χ2n) is 4.47. The number of carbonyl (C=O) groups is 1. The number of hydrogen-bond acceptors (Lipinski definition) is 4. The van der Waals surface area contributed by atoms with Crippen LogP contribution in [0, 0.1) is 11.3 Å². The number of aromatic carboxylic acids is 1. The molecule has 0 spiro atoms. The lowest BCUT2D eigenvalue weighted by Gasteiger charge is -2.05. The van der Waals surface area contributed by atoms with Crippen LogP contribution in [0.1, 0.15) is 15.9 Å². The number of benzene rings is 2. The molecule has 7 heteroatoms. The van der Waals surface area contributed by atoms with E-state index in [0.29, 0.717) is 5.02 Å². The molecule has 0 bridgehead atoms. The molecule has 2 rings (SSSR count). The second kappa shape index (κ2) is 6.65. The van der Waals surface area contributed by atoms with Gasteiger partial charge in [-0.15, -0.1) is 0 Å². The van der Waals surface area contributed by atoms with Gasteiger partial charge in [0.05, 0.1) is 10.5 Å². The van der Waals surface area contributed by atoms with E-state index in [1.807, 2.05) is 0 Å². The van der Waals surface area contributed by atoms with Crippen molar-refractivity contribution in [1.82, 2.24) is 0 Å². The average molecular weight is 348 g/mol. The van der Waals surface area contributed by atoms with E-state index in [2.05, 4.69) is 0 Å². The van der Waals surface area contributed by atoms with E-state index in [-0.39, 0.29) is 16.0 Å². The Morgan fingerprint density at radius 2 is 1.74 bits per heavy atom. The molecule has 23 heavy (non-hydrogen) atoms. The maximum atomic E-state index is 12.5. The van der Waals surface area contributed by atoms with Crippen molar-refractivity contribution < 1.29 is 18.3 Å². The van der Waals surface area contributed by atoms with Crippen LogP contribution in [0.4, 0.5) is 0 Å². The first-order chi connectivity index (χ1) is 10.9. The Bertz CT molecular complexity index is 925. The summed E-state index contributed by atoms with van der Waals surface area (Å²) < 4.78 is 25.0. The van der Waals surface area contributed by atoms with Crippen molar-refractivity contribution in [3.05, 3.63) is 69.6 Å². The molecule has 2 aromatic rings. The zero-order valence-electron chi connectivity index (χ0n) is 11.6. The minimum atomic E-state index is -4.06. The molecule has 0 aliphatic carbocycles. The number of carboxylic acid groups (broad SMARTS) is 1. The van der Waals surface area contributed by atoms with E-state index in [1.165, 1.54) is 42.5 Å². The van der Waals surface area contributed by atoms with Gasteiger partial charge in [0.15, 0.2) is 0 Å². The van der Waals surface area contributed by atoms with Crippen LogP contribution in [0.25, 0.3) is 6.08 Å². The second-order valence-corrected chi connectivity index (χ2v) is 6.82. The minimum absolute atomic E-state index is 0.0912. The number of halogens is 1. The molecule has 0 atom stereocenters. The van der Waals surface area contributed by atoms with E-state index >= 15 is 0 Å². The van der Waals surface area contributed by atoms with Crippen LogP contribution in [0.2, 0.25) is 5.02 Å².